The van der Waals surface area contributed by atoms with Gasteiger partial charge in [-0.3, -0.25) is 4.79 Å². The number of carbonyl (C=O) groups is 1. The lowest BCUT2D eigenvalue weighted by Crippen LogP contribution is -2.38. The van der Waals surface area contributed by atoms with Gasteiger partial charge in [-0.25, -0.2) is 4.98 Å². The van der Waals surface area contributed by atoms with Crippen LogP contribution in [-0.4, -0.2) is 46.0 Å². The third kappa shape index (κ3) is 5.46. The smallest absolute Gasteiger partial charge is 0.441 e. The van der Waals surface area contributed by atoms with Crippen molar-refractivity contribution in [2.45, 2.75) is 32.1 Å². The standard InChI is InChI=1S/C22H27BN2O4/c1-3-5-16(4-2)6-9-22(26)25-12-10-17(11-13-25)14-21-24-19-8-7-18(23(27)28)15-20(19)29-21/h3-5,7-8,15,17,27-28H,1-2,6,9-14H2/b16-5+. The van der Waals surface area contributed by atoms with E-state index in [0.717, 1.165) is 37.9 Å². The second-order valence-corrected chi connectivity index (χ2v) is 7.42. The topological polar surface area (TPSA) is 86.8 Å². The van der Waals surface area contributed by atoms with Crippen LogP contribution in [0.4, 0.5) is 0 Å². The highest BCUT2D eigenvalue weighted by Crippen LogP contribution is 2.24. The molecular weight excluding hydrogens is 367 g/mol. The minimum absolute atomic E-state index is 0.178. The van der Waals surface area contributed by atoms with Crippen LogP contribution in [0.25, 0.3) is 11.1 Å². The number of amides is 1. The van der Waals surface area contributed by atoms with Gasteiger partial charge in [-0.1, -0.05) is 37.5 Å². The second kappa shape index (κ2) is 9.72. The van der Waals surface area contributed by atoms with Gasteiger partial charge in [0.25, 0.3) is 0 Å². The Morgan fingerprint density at radius 3 is 2.69 bits per heavy atom. The molecule has 6 nitrogen and oxygen atoms in total. The van der Waals surface area contributed by atoms with E-state index in [4.69, 9.17) is 4.42 Å². The quantitative estimate of drug-likeness (QED) is 0.530. The van der Waals surface area contributed by atoms with Crippen molar-refractivity contribution in [1.82, 2.24) is 9.88 Å². The zero-order valence-corrected chi connectivity index (χ0v) is 16.6. The van der Waals surface area contributed by atoms with Gasteiger partial charge in [0.15, 0.2) is 11.5 Å². The number of oxazole rings is 1. The Kier molecular flexibility index (Phi) is 7.06. The van der Waals surface area contributed by atoms with Crippen molar-refractivity contribution >= 4 is 29.6 Å². The van der Waals surface area contributed by atoms with E-state index in [0.29, 0.717) is 41.2 Å². The van der Waals surface area contributed by atoms with E-state index in [9.17, 15) is 14.8 Å². The Morgan fingerprint density at radius 2 is 2.03 bits per heavy atom. The number of nitrogens with zero attached hydrogens (tertiary/aromatic N) is 2. The van der Waals surface area contributed by atoms with Gasteiger partial charge in [-0.15, -0.1) is 0 Å². The van der Waals surface area contributed by atoms with Crippen molar-refractivity contribution in [3.8, 4) is 0 Å². The highest BCUT2D eigenvalue weighted by molar-refractivity contribution is 6.58. The fourth-order valence-corrected chi connectivity index (χ4v) is 3.68. The number of rotatable bonds is 8. The van der Waals surface area contributed by atoms with Gasteiger partial charge in [0.1, 0.15) is 5.52 Å². The first kappa shape index (κ1) is 21.1. The summed E-state index contributed by atoms with van der Waals surface area (Å²) >= 11 is 0. The molecule has 7 heteroatoms. The van der Waals surface area contributed by atoms with Gasteiger partial charge < -0.3 is 19.4 Å². The number of benzene rings is 1. The molecule has 1 saturated heterocycles. The largest absolute Gasteiger partial charge is 0.488 e. The summed E-state index contributed by atoms with van der Waals surface area (Å²) in [7, 11) is -1.52. The Morgan fingerprint density at radius 1 is 1.28 bits per heavy atom. The van der Waals surface area contributed by atoms with E-state index in [2.05, 4.69) is 18.1 Å². The van der Waals surface area contributed by atoms with Crippen LogP contribution in [0.5, 0.6) is 0 Å². The number of hydrogen-bond donors (Lipinski definition) is 2. The molecule has 1 aromatic carbocycles. The number of hydrogen-bond acceptors (Lipinski definition) is 5. The number of likely N-dealkylation sites (tertiary alicyclic amines) is 1. The molecule has 0 spiro atoms. The summed E-state index contributed by atoms with van der Waals surface area (Å²) in [6.07, 6.45) is 9.09. The van der Waals surface area contributed by atoms with Gasteiger partial charge in [-0.2, -0.15) is 0 Å². The van der Waals surface area contributed by atoms with E-state index >= 15 is 0 Å². The lowest BCUT2D eigenvalue weighted by atomic mass is 9.80. The normalized spacial score (nSPS) is 15.5. The molecule has 0 atom stereocenters. The molecule has 0 saturated carbocycles. The molecule has 1 amide bonds. The number of carbonyl (C=O) groups excluding carboxylic acids is 1. The van der Waals surface area contributed by atoms with Gasteiger partial charge in [0.05, 0.1) is 0 Å². The van der Waals surface area contributed by atoms with Crippen LogP contribution in [0, 0.1) is 5.92 Å². The lowest BCUT2D eigenvalue weighted by molar-refractivity contribution is -0.132. The lowest BCUT2D eigenvalue weighted by Gasteiger charge is -2.31. The monoisotopic (exact) mass is 394 g/mol. The van der Waals surface area contributed by atoms with Crippen LogP contribution < -0.4 is 5.46 Å². The van der Waals surface area contributed by atoms with Crippen molar-refractivity contribution < 1.29 is 19.3 Å². The van der Waals surface area contributed by atoms with Crippen molar-refractivity contribution in [2.24, 2.45) is 5.92 Å². The molecule has 29 heavy (non-hydrogen) atoms. The second-order valence-electron chi connectivity index (χ2n) is 7.42. The summed E-state index contributed by atoms with van der Waals surface area (Å²) in [6, 6.07) is 4.97. The van der Waals surface area contributed by atoms with Crippen LogP contribution in [-0.2, 0) is 11.2 Å². The van der Waals surface area contributed by atoms with E-state index in [-0.39, 0.29) is 5.91 Å². The van der Waals surface area contributed by atoms with Crippen LogP contribution in [0.15, 0.2) is 59.6 Å². The number of piperidine rings is 1. The predicted molar refractivity (Wildman–Crippen MR) is 115 cm³/mol. The average Bonchev–Trinajstić information content (AvgIpc) is 3.12. The highest BCUT2D eigenvalue weighted by Gasteiger charge is 2.24. The molecule has 1 fully saturated rings. The van der Waals surface area contributed by atoms with E-state index in [1.165, 1.54) is 0 Å². The fourth-order valence-electron chi connectivity index (χ4n) is 3.68. The molecule has 2 heterocycles. The molecule has 2 aromatic rings. The van der Waals surface area contributed by atoms with Crippen molar-refractivity contribution in [1.29, 1.82) is 0 Å². The van der Waals surface area contributed by atoms with E-state index in [1.54, 1.807) is 30.4 Å². The SMILES string of the molecule is C=C/C=C(\C=C)CCC(=O)N1CCC(Cc2nc3ccc(B(O)O)cc3o2)CC1. The average molecular weight is 394 g/mol. The molecule has 2 N–H and O–H groups in total. The molecule has 0 unspecified atom stereocenters. The predicted octanol–water partition coefficient (Wildman–Crippen LogP) is 2.37. The summed E-state index contributed by atoms with van der Waals surface area (Å²) in [5.41, 5.74) is 2.68. The van der Waals surface area contributed by atoms with Crippen LogP contribution in [0.3, 0.4) is 0 Å². The summed E-state index contributed by atoms with van der Waals surface area (Å²) in [4.78, 5) is 18.9. The van der Waals surface area contributed by atoms with Crippen molar-refractivity contribution in [2.75, 3.05) is 13.1 Å². The van der Waals surface area contributed by atoms with Gasteiger partial charge in [-0.05, 0) is 48.3 Å². The number of fused-ring (bicyclic) bond motifs is 1. The molecule has 3 rings (SSSR count). The first-order chi connectivity index (χ1) is 14.0. The Bertz CT molecular complexity index is 911. The maximum Gasteiger partial charge on any atom is 0.488 e. The molecule has 0 radical (unpaired) electrons. The zero-order chi connectivity index (χ0) is 20.8. The first-order valence-electron chi connectivity index (χ1n) is 9.97. The molecule has 0 bridgehead atoms. The fraction of sp³-hybridized carbons (Fsp3) is 0.364. The van der Waals surface area contributed by atoms with Crippen LogP contribution in [0.1, 0.15) is 31.6 Å². The Labute approximate surface area is 171 Å². The molecule has 1 aliphatic rings. The summed E-state index contributed by atoms with van der Waals surface area (Å²) < 4.78 is 5.80. The van der Waals surface area contributed by atoms with Crippen molar-refractivity contribution in [3.63, 3.8) is 0 Å². The molecule has 1 aliphatic heterocycles. The first-order valence-corrected chi connectivity index (χ1v) is 9.97. The summed E-state index contributed by atoms with van der Waals surface area (Å²) in [6.45, 7) is 8.95. The van der Waals surface area contributed by atoms with Crippen molar-refractivity contribution in [3.05, 3.63) is 61.0 Å². The molecular formula is C22H27BN2O4. The summed E-state index contributed by atoms with van der Waals surface area (Å²) in [5.74, 6) is 1.25. The van der Waals surface area contributed by atoms with Gasteiger partial charge >= 0.3 is 7.12 Å². The Hall–Kier alpha value is -2.64. The summed E-state index contributed by atoms with van der Waals surface area (Å²) in [5, 5.41) is 18.6. The number of aromatic nitrogens is 1. The van der Waals surface area contributed by atoms with E-state index < -0.39 is 7.12 Å². The van der Waals surface area contributed by atoms with Gasteiger partial charge in [0, 0.05) is 25.9 Å². The number of allylic oxidation sites excluding steroid dienone is 4. The van der Waals surface area contributed by atoms with E-state index in [1.807, 2.05) is 11.0 Å². The molecule has 1 aromatic heterocycles. The maximum atomic E-state index is 12.5. The minimum Gasteiger partial charge on any atom is -0.441 e. The highest BCUT2D eigenvalue weighted by atomic mass is 16.4. The van der Waals surface area contributed by atoms with Crippen LogP contribution in [0.2, 0.25) is 0 Å². The Balaban J connectivity index is 1.51. The maximum absolute atomic E-state index is 12.5. The molecule has 0 aliphatic carbocycles. The minimum atomic E-state index is -1.52. The third-order valence-electron chi connectivity index (χ3n) is 5.41. The van der Waals surface area contributed by atoms with Gasteiger partial charge in [0.2, 0.25) is 5.91 Å². The van der Waals surface area contributed by atoms with Crippen LogP contribution >= 0.6 is 0 Å². The zero-order valence-electron chi connectivity index (χ0n) is 16.6. The molecule has 152 valence electrons. The third-order valence-corrected chi connectivity index (χ3v) is 5.41.